The second-order valence-corrected chi connectivity index (χ2v) is 4.05. The van der Waals surface area contributed by atoms with Crippen molar-refractivity contribution >= 4 is 33.2 Å². The average molecular weight is 251 g/mol. The molecule has 0 aliphatic heterocycles. The zero-order valence-corrected chi connectivity index (χ0v) is 8.43. The van der Waals surface area contributed by atoms with E-state index in [0.717, 1.165) is 4.47 Å². The first kappa shape index (κ1) is 9.70. The van der Waals surface area contributed by atoms with Crippen LogP contribution in [0.25, 0.3) is 0 Å². The Labute approximate surface area is 81.8 Å². The number of carboxylic acids is 1. The van der Waals surface area contributed by atoms with Gasteiger partial charge in [0.05, 0.1) is 12.5 Å². The van der Waals surface area contributed by atoms with Crippen molar-refractivity contribution in [2.24, 2.45) is 0 Å². The largest absolute Gasteiger partial charge is 0.481 e. The van der Waals surface area contributed by atoms with Gasteiger partial charge in [0.15, 0.2) is 0 Å². The molecule has 5 heteroatoms. The number of carbonyl (C=O) groups is 1. The number of thiophene rings is 1. The Morgan fingerprint density at radius 3 is 2.83 bits per heavy atom. The molecule has 0 spiro atoms. The molecular formula is C7H7BrO3S. The fourth-order valence-electron chi connectivity index (χ4n) is 0.801. The summed E-state index contributed by atoms with van der Waals surface area (Å²) < 4.78 is 0.765. The van der Waals surface area contributed by atoms with E-state index in [1.54, 1.807) is 11.4 Å². The Morgan fingerprint density at radius 2 is 2.42 bits per heavy atom. The molecule has 1 aromatic rings. The lowest BCUT2D eigenvalue weighted by Gasteiger charge is -2.04. The first-order chi connectivity index (χ1) is 5.61. The molecule has 66 valence electrons. The molecule has 0 fully saturated rings. The molecule has 2 N–H and O–H groups in total. The standard InChI is InChI=1S/C7H7BrO3S/c8-4-1-2-12-7(4)5(9)3-6(10)11/h1-2,5,9H,3H2,(H,10,11)/t5-/m0/s1. The van der Waals surface area contributed by atoms with Gasteiger partial charge in [0.1, 0.15) is 0 Å². The second-order valence-electron chi connectivity index (χ2n) is 2.25. The maximum absolute atomic E-state index is 10.2. The summed E-state index contributed by atoms with van der Waals surface area (Å²) in [4.78, 5) is 10.9. The van der Waals surface area contributed by atoms with E-state index < -0.39 is 12.1 Å². The molecule has 0 aromatic carbocycles. The number of aliphatic carboxylic acids is 1. The Morgan fingerprint density at radius 1 is 1.75 bits per heavy atom. The number of rotatable bonds is 3. The minimum Gasteiger partial charge on any atom is -0.481 e. The van der Waals surface area contributed by atoms with Crippen LogP contribution in [0.15, 0.2) is 15.9 Å². The highest BCUT2D eigenvalue weighted by atomic mass is 79.9. The summed E-state index contributed by atoms with van der Waals surface area (Å²) in [5.74, 6) is -0.997. The highest BCUT2D eigenvalue weighted by Crippen LogP contribution is 2.30. The zero-order chi connectivity index (χ0) is 9.14. The maximum Gasteiger partial charge on any atom is 0.306 e. The predicted molar refractivity (Wildman–Crippen MR) is 49.2 cm³/mol. The van der Waals surface area contributed by atoms with Crippen molar-refractivity contribution < 1.29 is 15.0 Å². The Bertz CT molecular complexity index is 284. The minimum atomic E-state index is -0.997. The van der Waals surface area contributed by atoms with Gasteiger partial charge in [0.25, 0.3) is 0 Å². The Balaban J connectivity index is 2.71. The van der Waals surface area contributed by atoms with Gasteiger partial charge in [0.2, 0.25) is 0 Å². The lowest BCUT2D eigenvalue weighted by atomic mass is 10.2. The van der Waals surface area contributed by atoms with Gasteiger partial charge >= 0.3 is 5.97 Å². The predicted octanol–water partition coefficient (Wildman–Crippen LogP) is 2.02. The van der Waals surface area contributed by atoms with Crippen molar-refractivity contribution in [1.82, 2.24) is 0 Å². The highest BCUT2D eigenvalue weighted by Gasteiger charge is 2.15. The lowest BCUT2D eigenvalue weighted by Crippen LogP contribution is -2.04. The third-order valence-corrected chi connectivity index (χ3v) is 3.29. The maximum atomic E-state index is 10.2. The van der Waals surface area contributed by atoms with Crippen LogP contribution in [0.5, 0.6) is 0 Å². The molecule has 0 saturated carbocycles. The van der Waals surface area contributed by atoms with E-state index in [9.17, 15) is 9.90 Å². The Hall–Kier alpha value is -0.390. The van der Waals surface area contributed by atoms with Crippen LogP contribution >= 0.6 is 27.3 Å². The van der Waals surface area contributed by atoms with Gasteiger partial charge in [-0.3, -0.25) is 4.79 Å². The van der Waals surface area contributed by atoms with Crippen molar-refractivity contribution in [1.29, 1.82) is 0 Å². The summed E-state index contributed by atoms with van der Waals surface area (Å²) in [6.45, 7) is 0. The Kier molecular flexibility index (Phi) is 3.25. The van der Waals surface area contributed by atoms with Crippen molar-refractivity contribution in [3.63, 3.8) is 0 Å². The van der Waals surface area contributed by atoms with Gasteiger partial charge in [-0.05, 0) is 27.4 Å². The van der Waals surface area contributed by atoms with Gasteiger partial charge in [0, 0.05) is 9.35 Å². The van der Waals surface area contributed by atoms with E-state index in [0.29, 0.717) is 4.88 Å². The van der Waals surface area contributed by atoms with Crippen LogP contribution in [0.4, 0.5) is 0 Å². The average Bonchev–Trinajstić information content (AvgIpc) is 2.33. The van der Waals surface area contributed by atoms with E-state index in [1.807, 2.05) is 0 Å². The van der Waals surface area contributed by atoms with E-state index in [4.69, 9.17) is 5.11 Å². The van der Waals surface area contributed by atoms with Crippen LogP contribution in [0.1, 0.15) is 17.4 Å². The molecule has 0 aliphatic rings. The van der Waals surface area contributed by atoms with Crippen LogP contribution in [0.3, 0.4) is 0 Å². The normalized spacial score (nSPS) is 12.8. The number of aliphatic hydroxyl groups excluding tert-OH is 1. The number of hydrogen-bond donors (Lipinski definition) is 2. The van der Waals surface area contributed by atoms with Crippen LogP contribution in [-0.2, 0) is 4.79 Å². The van der Waals surface area contributed by atoms with Crippen molar-refractivity contribution in [2.45, 2.75) is 12.5 Å². The van der Waals surface area contributed by atoms with Crippen LogP contribution < -0.4 is 0 Å². The van der Waals surface area contributed by atoms with Crippen molar-refractivity contribution in [2.75, 3.05) is 0 Å². The summed E-state index contributed by atoms with van der Waals surface area (Å²) in [5, 5.41) is 19.6. The molecule has 0 unspecified atom stereocenters. The summed E-state index contributed by atoms with van der Waals surface area (Å²) >= 11 is 4.55. The highest BCUT2D eigenvalue weighted by molar-refractivity contribution is 9.10. The van der Waals surface area contributed by atoms with Gasteiger partial charge in [-0.1, -0.05) is 0 Å². The molecule has 12 heavy (non-hydrogen) atoms. The van der Waals surface area contributed by atoms with Crippen LogP contribution in [0.2, 0.25) is 0 Å². The fraction of sp³-hybridized carbons (Fsp3) is 0.286. The first-order valence-electron chi connectivity index (χ1n) is 3.24. The molecule has 0 saturated heterocycles. The summed E-state index contributed by atoms with van der Waals surface area (Å²) in [6.07, 6.45) is -1.16. The summed E-state index contributed by atoms with van der Waals surface area (Å²) in [6, 6.07) is 1.78. The van der Waals surface area contributed by atoms with E-state index >= 15 is 0 Å². The fourth-order valence-corrected chi connectivity index (χ4v) is 2.42. The van der Waals surface area contributed by atoms with Gasteiger partial charge in [-0.15, -0.1) is 11.3 Å². The molecular weight excluding hydrogens is 244 g/mol. The third-order valence-electron chi connectivity index (χ3n) is 1.32. The third kappa shape index (κ3) is 2.30. The van der Waals surface area contributed by atoms with Gasteiger partial charge in [-0.25, -0.2) is 0 Å². The number of carboxylic acid groups (broad SMARTS) is 1. The van der Waals surface area contributed by atoms with E-state index in [-0.39, 0.29) is 6.42 Å². The number of halogens is 1. The van der Waals surface area contributed by atoms with Crippen molar-refractivity contribution in [3.8, 4) is 0 Å². The molecule has 3 nitrogen and oxygen atoms in total. The number of hydrogen-bond acceptors (Lipinski definition) is 3. The summed E-state index contributed by atoms with van der Waals surface area (Å²) in [7, 11) is 0. The monoisotopic (exact) mass is 250 g/mol. The van der Waals surface area contributed by atoms with Crippen LogP contribution in [-0.4, -0.2) is 16.2 Å². The molecule has 0 amide bonds. The van der Waals surface area contributed by atoms with Gasteiger partial charge in [-0.2, -0.15) is 0 Å². The lowest BCUT2D eigenvalue weighted by molar-refractivity contribution is -0.139. The molecule has 1 atom stereocenters. The second kappa shape index (κ2) is 4.02. The number of aliphatic hydroxyl groups is 1. The molecule has 1 heterocycles. The SMILES string of the molecule is O=C(O)C[C@H](O)c1sccc1Br. The smallest absolute Gasteiger partial charge is 0.306 e. The van der Waals surface area contributed by atoms with Crippen LogP contribution in [0, 0.1) is 0 Å². The van der Waals surface area contributed by atoms with E-state index in [2.05, 4.69) is 15.9 Å². The summed E-state index contributed by atoms with van der Waals surface area (Å²) in [5.41, 5.74) is 0. The molecule has 1 rings (SSSR count). The first-order valence-corrected chi connectivity index (χ1v) is 4.91. The molecule has 0 radical (unpaired) electrons. The van der Waals surface area contributed by atoms with Crippen molar-refractivity contribution in [3.05, 3.63) is 20.8 Å². The molecule has 0 aliphatic carbocycles. The molecule has 1 aromatic heterocycles. The molecule has 0 bridgehead atoms. The van der Waals surface area contributed by atoms with E-state index in [1.165, 1.54) is 11.3 Å². The van der Waals surface area contributed by atoms with Gasteiger partial charge < -0.3 is 10.2 Å². The minimum absolute atomic E-state index is 0.251. The topological polar surface area (TPSA) is 57.5 Å². The zero-order valence-electron chi connectivity index (χ0n) is 6.03. The quantitative estimate of drug-likeness (QED) is 0.863.